The minimum Gasteiger partial charge on any atom is -0.302 e. The van der Waals surface area contributed by atoms with Crippen molar-refractivity contribution >= 4 is 22.4 Å². The molecule has 6 nitrogen and oxygen atoms in total. The topological polar surface area (TPSA) is 71.0 Å². The third-order valence-electron chi connectivity index (χ3n) is 4.12. The average molecular weight is 345 g/mol. The molecule has 0 aliphatic carbocycles. The van der Waals surface area contributed by atoms with Gasteiger partial charge in [0, 0.05) is 49.9 Å². The summed E-state index contributed by atoms with van der Waals surface area (Å²) in [6.45, 7) is 6.57. The number of hydrogen-bond acceptors (Lipinski definition) is 6. The third kappa shape index (κ3) is 4.82. The number of anilines is 1. The minimum absolute atomic E-state index is 0.0768. The molecule has 1 N–H and O–H groups in total. The van der Waals surface area contributed by atoms with E-state index in [2.05, 4.69) is 25.2 Å². The van der Waals surface area contributed by atoms with E-state index in [4.69, 9.17) is 0 Å². The molecule has 0 saturated carbocycles. The molecule has 1 saturated heterocycles. The smallest absolute Gasteiger partial charge is 0.223 e. The molecule has 1 atom stereocenters. The molecule has 2 aromatic rings. The Balaban J connectivity index is 1.54. The summed E-state index contributed by atoms with van der Waals surface area (Å²) in [6, 6.07) is 0. The normalized spacial score (nSPS) is 18.5. The van der Waals surface area contributed by atoms with Crippen molar-refractivity contribution < 1.29 is 4.79 Å². The lowest BCUT2D eigenvalue weighted by Crippen LogP contribution is -2.35. The largest absolute Gasteiger partial charge is 0.302 e. The fourth-order valence-electron chi connectivity index (χ4n) is 3.05. The van der Waals surface area contributed by atoms with Crippen molar-refractivity contribution in [2.24, 2.45) is 5.92 Å². The molecule has 128 valence electrons. The predicted octanol–water partition coefficient (Wildman–Crippen LogP) is 2.65. The molecule has 3 rings (SSSR count). The Morgan fingerprint density at radius 3 is 2.88 bits per heavy atom. The van der Waals surface area contributed by atoms with Crippen molar-refractivity contribution in [3.8, 4) is 0 Å². The lowest BCUT2D eigenvalue weighted by Gasteiger charge is -2.32. The number of likely N-dealkylation sites (tertiary alicyclic amines) is 1. The first-order valence-corrected chi connectivity index (χ1v) is 9.12. The van der Waals surface area contributed by atoms with Gasteiger partial charge in [-0.1, -0.05) is 0 Å². The summed E-state index contributed by atoms with van der Waals surface area (Å²) in [7, 11) is 0. The van der Waals surface area contributed by atoms with E-state index in [0.717, 1.165) is 37.4 Å². The Morgan fingerprint density at radius 1 is 1.33 bits per heavy atom. The van der Waals surface area contributed by atoms with Crippen LogP contribution in [0.4, 0.5) is 5.13 Å². The Bertz CT molecular complexity index is 685. The van der Waals surface area contributed by atoms with Gasteiger partial charge in [0.15, 0.2) is 5.13 Å². The second kappa shape index (κ2) is 7.81. The molecular formula is C17H23N5OS. The molecule has 3 heterocycles. The molecule has 0 aromatic carbocycles. The number of piperidine rings is 1. The maximum Gasteiger partial charge on any atom is 0.223 e. The van der Waals surface area contributed by atoms with Crippen LogP contribution in [0, 0.1) is 12.8 Å². The third-order valence-corrected chi connectivity index (χ3v) is 5.02. The maximum atomic E-state index is 11.1. The van der Waals surface area contributed by atoms with Crippen molar-refractivity contribution in [1.29, 1.82) is 0 Å². The van der Waals surface area contributed by atoms with E-state index in [1.165, 1.54) is 24.6 Å². The van der Waals surface area contributed by atoms with Gasteiger partial charge >= 0.3 is 0 Å². The van der Waals surface area contributed by atoms with Gasteiger partial charge in [-0.3, -0.25) is 9.69 Å². The number of carbonyl (C=O) groups excluding carboxylic acids is 1. The van der Waals surface area contributed by atoms with E-state index in [0.29, 0.717) is 11.0 Å². The molecule has 1 aliphatic heterocycles. The van der Waals surface area contributed by atoms with E-state index in [1.807, 2.05) is 25.5 Å². The first-order chi connectivity index (χ1) is 11.6. The van der Waals surface area contributed by atoms with Crippen LogP contribution in [0.5, 0.6) is 0 Å². The molecule has 0 spiro atoms. The Labute approximate surface area is 146 Å². The number of hydrogen-bond donors (Lipinski definition) is 1. The second-order valence-corrected chi connectivity index (χ2v) is 7.55. The standard InChI is InChI=1S/C17H23N5OS/c1-12-7-18-16(19-8-12)6-14-4-3-5-22(10-14)11-15-9-20-17(24-15)21-13(2)23/h7-9,14H,3-6,10-11H2,1-2H3,(H,20,21,23)/t14-/m1/s1. The molecule has 1 aliphatic rings. The first kappa shape index (κ1) is 17.0. The Kier molecular flexibility index (Phi) is 5.52. The first-order valence-electron chi connectivity index (χ1n) is 8.30. The Morgan fingerprint density at radius 2 is 2.12 bits per heavy atom. The quantitative estimate of drug-likeness (QED) is 0.902. The molecular weight excluding hydrogens is 322 g/mol. The zero-order valence-corrected chi connectivity index (χ0v) is 15.0. The van der Waals surface area contributed by atoms with E-state index in [-0.39, 0.29) is 5.91 Å². The van der Waals surface area contributed by atoms with E-state index >= 15 is 0 Å². The molecule has 0 radical (unpaired) electrons. The summed E-state index contributed by atoms with van der Waals surface area (Å²) in [5, 5.41) is 3.42. The molecule has 0 bridgehead atoms. The number of carbonyl (C=O) groups is 1. The molecule has 0 unspecified atom stereocenters. The van der Waals surface area contributed by atoms with Gasteiger partial charge in [-0.05, 0) is 37.8 Å². The summed E-state index contributed by atoms with van der Waals surface area (Å²) in [4.78, 5) is 27.9. The van der Waals surface area contributed by atoms with Gasteiger partial charge in [0.2, 0.25) is 5.91 Å². The van der Waals surface area contributed by atoms with Crippen LogP contribution in [0.25, 0.3) is 0 Å². The lowest BCUT2D eigenvalue weighted by atomic mass is 9.94. The monoisotopic (exact) mass is 345 g/mol. The van der Waals surface area contributed by atoms with Crippen LogP contribution in [-0.2, 0) is 17.8 Å². The van der Waals surface area contributed by atoms with Gasteiger partial charge in [0.25, 0.3) is 0 Å². The van der Waals surface area contributed by atoms with E-state index in [1.54, 1.807) is 11.3 Å². The van der Waals surface area contributed by atoms with Gasteiger partial charge in [-0.2, -0.15) is 0 Å². The average Bonchev–Trinajstić information content (AvgIpc) is 2.96. The lowest BCUT2D eigenvalue weighted by molar-refractivity contribution is -0.114. The molecule has 24 heavy (non-hydrogen) atoms. The van der Waals surface area contributed by atoms with Gasteiger partial charge in [-0.25, -0.2) is 15.0 Å². The minimum atomic E-state index is -0.0768. The fourth-order valence-corrected chi connectivity index (χ4v) is 3.95. The highest BCUT2D eigenvalue weighted by Crippen LogP contribution is 2.24. The van der Waals surface area contributed by atoms with Crippen LogP contribution < -0.4 is 5.32 Å². The highest BCUT2D eigenvalue weighted by molar-refractivity contribution is 7.15. The van der Waals surface area contributed by atoms with Crippen LogP contribution in [0.2, 0.25) is 0 Å². The van der Waals surface area contributed by atoms with Gasteiger partial charge < -0.3 is 5.32 Å². The molecule has 1 fully saturated rings. The highest BCUT2D eigenvalue weighted by atomic mass is 32.1. The second-order valence-electron chi connectivity index (χ2n) is 6.44. The van der Waals surface area contributed by atoms with Crippen molar-refractivity contribution in [1.82, 2.24) is 19.9 Å². The number of nitrogens with zero attached hydrogens (tertiary/aromatic N) is 4. The highest BCUT2D eigenvalue weighted by Gasteiger charge is 2.21. The summed E-state index contributed by atoms with van der Waals surface area (Å²) in [6.07, 6.45) is 9.02. The van der Waals surface area contributed by atoms with Crippen molar-refractivity contribution in [2.75, 3.05) is 18.4 Å². The van der Waals surface area contributed by atoms with Crippen LogP contribution in [0.15, 0.2) is 18.6 Å². The predicted molar refractivity (Wildman–Crippen MR) is 94.9 cm³/mol. The van der Waals surface area contributed by atoms with Crippen molar-refractivity contribution in [2.45, 2.75) is 39.7 Å². The number of rotatable bonds is 5. The Hall–Kier alpha value is -1.86. The van der Waals surface area contributed by atoms with Crippen LogP contribution in [0.1, 0.15) is 36.0 Å². The number of nitrogens with one attached hydrogen (secondary N) is 1. The summed E-state index contributed by atoms with van der Waals surface area (Å²) < 4.78 is 0. The number of amides is 1. The fraction of sp³-hybridized carbons (Fsp3) is 0.529. The molecule has 1 amide bonds. The van der Waals surface area contributed by atoms with Crippen LogP contribution in [0.3, 0.4) is 0 Å². The number of thiazole rings is 1. The SMILES string of the molecule is CC(=O)Nc1ncc(CN2CCC[C@H](Cc3ncc(C)cn3)C2)s1. The molecule has 2 aromatic heterocycles. The van der Waals surface area contributed by atoms with Crippen molar-refractivity contribution in [3.63, 3.8) is 0 Å². The van der Waals surface area contributed by atoms with Crippen LogP contribution >= 0.6 is 11.3 Å². The van der Waals surface area contributed by atoms with E-state index < -0.39 is 0 Å². The van der Waals surface area contributed by atoms with Crippen LogP contribution in [-0.4, -0.2) is 38.8 Å². The van der Waals surface area contributed by atoms with Gasteiger partial charge in [-0.15, -0.1) is 11.3 Å². The van der Waals surface area contributed by atoms with E-state index in [9.17, 15) is 4.79 Å². The van der Waals surface area contributed by atoms with Gasteiger partial charge in [0.05, 0.1) is 0 Å². The zero-order chi connectivity index (χ0) is 16.9. The van der Waals surface area contributed by atoms with Gasteiger partial charge in [0.1, 0.15) is 5.82 Å². The summed E-state index contributed by atoms with van der Waals surface area (Å²) in [5.74, 6) is 1.47. The van der Waals surface area contributed by atoms with Crippen molar-refractivity contribution in [3.05, 3.63) is 34.9 Å². The number of aryl methyl sites for hydroxylation is 1. The molecule has 7 heteroatoms. The maximum absolute atomic E-state index is 11.1. The zero-order valence-electron chi connectivity index (χ0n) is 14.2. The summed E-state index contributed by atoms with van der Waals surface area (Å²) >= 11 is 1.55. The summed E-state index contributed by atoms with van der Waals surface area (Å²) in [5.41, 5.74) is 1.10. The number of aromatic nitrogens is 3.